The van der Waals surface area contributed by atoms with Crippen molar-refractivity contribution in [3.8, 4) is 0 Å². The van der Waals surface area contributed by atoms with Crippen LogP contribution in [-0.2, 0) is 9.53 Å². The first kappa shape index (κ1) is 17.1. The quantitative estimate of drug-likeness (QED) is 0.321. The van der Waals surface area contributed by atoms with E-state index in [1.807, 2.05) is 31.2 Å². The number of amides is 1. The molecule has 0 aromatic heterocycles. The molecule has 0 saturated heterocycles. The first-order valence-corrected chi connectivity index (χ1v) is 6.89. The number of hydrazone groups is 1. The van der Waals surface area contributed by atoms with Crippen molar-refractivity contribution in [2.75, 3.05) is 25.6 Å². The van der Waals surface area contributed by atoms with Crippen molar-refractivity contribution in [2.45, 2.75) is 13.8 Å². The van der Waals surface area contributed by atoms with Gasteiger partial charge in [0.05, 0.1) is 12.3 Å². The Bertz CT molecular complexity index is 531. The monoisotopic (exact) mass is 308 g/mol. The molecule has 0 fully saturated rings. The maximum Gasteiger partial charge on any atom is 0.221 e. The number of carbonyl (C=O) groups is 1. The van der Waals surface area contributed by atoms with Crippen LogP contribution in [0.1, 0.15) is 19.4 Å². The number of nitrogens with one attached hydrogen (secondary N) is 3. The molecule has 0 unspecified atom stereocenters. The molecule has 0 aliphatic rings. The van der Waals surface area contributed by atoms with Crippen LogP contribution in [-0.4, -0.2) is 37.0 Å². The Labute approximate surface area is 129 Å². The molecule has 0 heterocycles. The van der Waals surface area contributed by atoms with Gasteiger partial charge in [-0.15, -0.1) is 0 Å². The zero-order chi connectivity index (χ0) is 15.7. The Morgan fingerprint density at radius 2 is 2.14 bits per heavy atom. The van der Waals surface area contributed by atoms with Crippen LogP contribution in [0, 0.1) is 0 Å². The number of ether oxygens (including phenoxy) is 1. The van der Waals surface area contributed by atoms with Crippen LogP contribution in [0.3, 0.4) is 0 Å². The molecule has 1 rings (SSSR count). The van der Waals surface area contributed by atoms with E-state index in [9.17, 15) is 4.79 Å². The van der Waals surface area contributed by atoms with Gasteiger partial charge in [-0.25, -0.2) is 0 Å². The summed E-state index contributed by atoms with van der Waals surface area (Å²) in [4.78, 5) is 11.0. The Balaban J connectivity index is 2.61. The van der Waals surface area contributed by atoms with E-state index in [1.165, 1.54) is 6.92 Å². The fourth-order valence-corrected chi connectivity index (χ4v) is 1.68. The zero-order valence-electron chi connectivity index (χ0n) is 12.4. The van der Waals surface area contributed by atoms with Crippen molar-refractivity contribution in [1.29, 1.82) is 0 Å². The lowest BCUT2D eigenvalue weighted by Crippen LogP contribution is -2.34. The van der Waals surface area contributed by atoms with Gasteiger partial charge in [0.15, 0.2) is 5.11 Å². The molecule has 0 aliphatic heterocycles. The smallest absolute Gasteiger partial charge is 0.221 e. The molecular weight excluding hydrogens is 288 g/mol. The van der Waals surface area contributed by atoms with E-state index in [1.54, 1.807) is 7.11 Å². The van der Waals surface area contributed by atoms with Gasteiger partial charge in [-0.1, -0.05) is 12.1 Å². The second-order valence-electron chi connectivity index (χ2n) is 4.32. The summed E-state index contributed by atoms with van der Waals surface area (Å²) in [6.45, 7) is 4.52. The minimum Gasteiger partial charge on any atom is -0.383 e. The highest BCUT2D eigenvalue weighted by molar-refractivity contribution is 7.80. The summed E-state index contributed by atoms with van der Waals surface area (Å²) in [5.74, 6) is -0.108. The predicted molar refractivity (Wildman–Crippen MR) is 88.6 cm³/mol. The lowest BCUT2D eigenvalue weighted by molar-refractivity contribution is -0.114. The lowest BCUT2D eigenvalue weighted by atomic mass is 10.1. The molecular formula is C14H20N4O2S. The summed E-state index contributed by atoms with van der Waals surface area (Å²) in [7, 11) is 1.63. The molecule has 0 atom stereocenters. The molecule has 1 amide bonds. The Kier molecular flexibility index (Phi) is 7.34. The fraction of sp³-hybridized carbons (Fsp3) is 0.357. The number of carbonyl (C=O) groups excluding carboxylic acids is 1. The molecule has 1 aromatic carbocycles. The summed E-state index contributed by atoms with van der Waals surface area (Å²) in [6.07, 6.45) is 0. The van der Waals surface area contributed by atoms with Crippen LogP contribution in [0.5, 0.6) is 0 Å². The van der Waals surface area contributed by atoms with E-state index in [4.69, 9.17) is 17.0 Å². The average molecular weight is 308 g/mol. The molecule has 0 radical (unpaired) electrons. The van der Waals surface area contributed by atoms with Crippen molar-refractivity contribution in [3.05, 3.63) is 29.8 Å². The topological polar surface area (TPSA) is 74.8 Å². The zero-order valence-corrected chi connectivity index (χ0v) is 13.2. The standard InChI is InChI=1S/C14H20N4O2S/c1-10(17-18-14(21)15-7-8-20-3)12-5-4-6-13(9-12)16-11(2)19/h4-6,9H,7-8H2,1-3H3,(H,16,19)(H2,15,18,21)/b17-10+. The van der Waals surface area contributed by atoms with Crippen LogP contribution < -0.4 is 16.1 Å². The highest BCUT2D eigenvalue weighted by atomic mass is 32.1. The van der Waals surface area contributed by atoms with Gasteiger partial charge in [0, 0.05) is 26.3 Å². The van der Waals surface area contributed by atoms with Crippen LogP contribution in [0.2, 0.25) is 0 Å². The van der Waals surface area contributed by atoms with Crippen molar-refractivity contribution in [2.24, 2.45) is 5.10 Å². The predicted octanol–water partition coefficient (Wildman–Crippen LogP) is 1.48. The summed E-state index contributed by atoms with van der Waals surface area (Å²) in [6, 6.07) is 7.44. The SMILES string of the molecule is COCCNC(=S)N/N=C(\C)c1cccc(NC(C)=O)c1. The van der Waals surface area contributed by atoms with Gasteiger partial charge >= 0.3 is 0 Å². The van der Waals surface area contributed by atoms with E-state index < -0.39 is 0 Å². The first-order valence-electron chi connectivity index (χ1n) is 6.48. The third-order valence-electron chi connectivity index (χ3n) is 2.52. The Morgan fingerprint density at radius 1 is 1.38 bits per heavy atom. The Hall–Kier alpha value is -1.99. The van der Waals surface area contributed by atoms with E-state index >= 15 is 0 Å². The largest absolute Gasteiger partial charge is 0.383 e. The minimum atomic E-state index is -0.108. The fourth-order valence-electron chi connectivity index (χ4n) is 1.53. The minimum absolute atomic E-state index is 0.108. The van der Waals surface area contributed by atoms with E-state index in [0.29, 0.717) is 18.3 Å². The number of nitrogens with zero attached hydrogens (tertiary/aromatic N) is 1. The summed E-state index contributed by atoms with van der Waals surface area (Å²) < 4.78 is 4.91. The van der Waals surface area contributed by atoms with Gasteiger partial charge in [-0.2, -0.15) is 5.10 Å². The third-order valence-corrected chi connectivity index (χ3v) is 2.75. The van der Waals surface area contributed by atoms with Crippen LogP contribution in [0.25, 0.3) is 0 Å². The van der Waals surface area contributed by atoms with Gasteiger partial charge in [-0.05, 0) is 36.8 Å². The van der Waals surface area contributed by atoms with Gasteiger partial charge in [0.1, 0.15) is 0 Å². The summed E-state index contributed by atoms with van der Waals surface area (Å²) >= 11 is 5.08. The number of rotatable bonds is 6. The van der Waals surface area contributed by atoms with Crippen molar-refractivity contribution >= 4 is 34.6 Å². The van der Waals surface area contributed by atoms with E-state index in [0.717, 1.165) is 17.0 Å². The molecule has 0 spiro atoms. The number of methoxy groups -OCH3 is 1. The first-order chi connectivity index (χ1) is 10.0. The summed E-state index contributed by atoms with van der Waals surface area (Å²) in [5, 5.41) is 10.3. The number of hydrogen-bond donors (Lipinski definition) is 3. The lowest BCUT2D eigenvalue weighted by Gasteiger charge is -2.08. The van der Waals surface area contributed by atoms with Crippen molar-refractivity contribution < 1.29 is 9.53 Å². The maximum atomic E-state index is 11.0. The van der Waals surface area contributed by atoms with E-state index in [2.05, 4.69) is 21.2 Å². The van der Waals surface area contributed by atoms with Crippen LogP contribution in [0.15, 0.2) is 29.4 Å². The molecule has 6 nitrogen and oxygen atoms in total. The second kappa shape index (κ2) is 9.04. The molecule has 0 bridgehead atoms. The van der Waals surface area contributed by atoms with Gasteiger partial charge in [-0.3, -0.25) is 10.2 Å². The molecule has 3 N–H and O–H groups in total. The van der Waals surface area contributed by atoms with Crippen molar-refractivity contribution in [3.63, 3.8) is 0 Å². The van der Waals surface area contributed by atoms with Crippen LogP contribution in [0.4, 0.5) is 5.69 Å². The molecule has 21 heavy (non-hydrogen) atoms. The molecule has 0 saturated carbocycles. The van der Waals surface area contributed by atoms with Gasteiger partial charge < -0.3 is 15.4 Å². The number of benzene rings is 1. The third kappa shape index (κ3) is 6.82. The second-order valence-corrected chi connectivity index (χ2v) is 4.73. The highest BCUT2D eigenvalue weighted by Crippen LogP contribution is 2.11. The highest BCUT2D eigenvalue weighted by Gasteiger charge is 2.01. The van der Waals surface area contributed by atoms with Gasteiger partial charge in [0.25, 0.3) is 0 Å². The molecule has 7 heteroatoms. The molecule has 0 aliphatic carbocycles. The number of anilines is 1. The Morgan fingerprint density at radius 3 is 2.81 bits per heavy atom. The van der Waals surface area contributed by atoms with E-state index in [-0.39, 0.29) is 5.91 Å². The number of hydrogen-bond acceptors (Lipinski definition) is 4. The number of thiocarbonyl (C=S) groups is 1. The maximum absolute atomic E-state index is 11.0. The van der Waals surface area contributed by atoms with Crippen LogP contribution >= 0.6 is 12.2 Å². The molecule has 114 valence electrons. The summed E-state index contributed by atoms with van der Waals surface area (Å²) in [5.41, 5.74) is 5.16. The molecule has 1 aromatic rings. The normalized spacial score (nSPS) is 10.9. The van der Waals surface area contributed by atoms with Crippen molar-refractivity contribution in [1.82, 2.24) is 10.7 Å². The average Bonchev–Trinajstić information content (AvgIpc) is 2.44. The van der Waals surface area contributed by atoms with Gasteiger partial charge in [0.2, 0.25) is 5.91 Å².